The van der Waals surface area contributed by atoms with Crippen LogP contribution in [0.25, 0.3) is 0 Å². The number of thiazole rings is 1. The highest BCUT2D eigenvalue weighted by atomic mass is 32.1. The Morgan fingerprint density at radius 3 is 2.56 bits per heavy atom. The summed E-state index contributed by atoms with van der Waals surface area (Å²) in [5, 5.41) is 10.2. The second-order valence-electron chi connectivity index (χ2n) is 6.44. The summed E-state index contributed by atoms with van der Waals surface area (Å²) in [7, 11) is 0. The summed E-state index contributed by atoms with van der Waals surface area (Å²) in [6, 6.07) is 0. The molecule has 7 nitrogen and oxygen atoms in total. The van der Waals surface area contributed by atoms with Gasteiger partial charge in [-0.25, -0.2) is 9.78 Å². The first-order valence-corrected chi connectivity index (χ1v) is 9.58. The third kappa shape index (κ3) is 9.91. The molecule has 8 heteroatoms. The van der Waals surface area contributed by atoms with Crippen LogP contribution < -0.4 is 16.0 Å². The van der Waals surface area contributed by atoms with E-state index in [1.807, 2.05) is 33.9 Å². The van der Waals surface area contributed by atoms with Crippen molar-refractivity contribution < 1.29 is 9.53 Å². The zero-order valence-corrected chi connectivity index (χ0v) is 16.8. The van der Waals surface area contributed by atoms with E-state index >= 15 is 0 Å². The lowest BCUT2D eigenvalue weighted by molar-refractivity contribution is 0.0529. The Balaban J connectivity index is 2.31. The van der Waals surface area contributed by atoms with Gasteiger partial charge in [-0.3, -0.25) is 4.99 Å². The number of alkyl carbamates (subject to hydrolysis) is 1. The van der Waals surface area contributed by atoms with E-state index < -0.39 is 11.7 Å². The van der Waals surface area contributed by atoms with E-state index in [0.29, 0.717) is 19.6 Å². The monoisotopic (exact) mass is 369 g/mol. The van der Waals surface area contributed by atoms with Crippen molar-refractivity contribution in [2.75, 3.05) is 26.2 Å². The molecule has 0 unspecified atom stereocenters. The number of aliphatic imine (C=N–C) groups is 1. The highest BCUT2D eigenvalue weighted by Gasteiger charge is 2.15. The average Bonchev–Trinajstić information content (AvgIpc) is 2.97. The summed E-state index contributed by atoms with van der Waals surface area (Å²) >= 11 is 1.74. The topological polar surface area (TPSA) is 87.6 Å². The van der Waals surface area contributed by atoms with Crippen LogP contribution in [0.5, 0.6) is 0 Å². The Hall–Kier alpha value is -1.83. The Kier molecular flexibility index (Phi) is 9.26. The van der Waals surface area contributed by atoms with E-state index in [2.05, 4.69) is 32.9 Å². The molecule has 0 radical (unpaired) electrons. The molecule has 1 heterocycles. The summed E-state index contributed by atoms with van der Waals surface area (Å²) < 4.78 is 5.19. The smallest absolute Gasteiger partial charge is 0.407 e. The molecule has 1 aromatic rings. The van der Waals surface area contributed by atoms with Gasteiger partial charge in [-0.05, 0) is 34.1 Å². The van der Waals surface area contributed by atoms with Crippen LogP contribution in [0.4, 0.5) is 4.79 Å². The molecule has 1 amide bonds. The number of carbonyl (C=O) groups excluding carboxylic acids is 1. The zero-order valence-electron chi connectivity index (χ0n) is 15.9. The second-order valence-corrected chi connectivity index (χ2v) is 7.64. The molecule has 1 rings (SSSR count). The van der Waals surface area contributed by atoms with Crippen molar-refractivity contribution in [2.24, 2.45) is 4.99 Å². The predicted octanol–water partition coefficient (Wildman–Crippen LogP) is 2.33. The number of hydrogen-bond acceptors (Lipinski definition) is 5. The fraction of sp³-hybridized carbons (Fsp3) is 0.706. The molecule has 0 aliphatic carbocycles. The SMILES string of the molecule is CCNC(=NCCc1ncc(CC)s1)NCCNC(=O)OC(C)(C)C. The molecule has 0 bridgehead atoms. The number of nitrogens with one attached hydrogen (secondary N) is 3. The predicted molar refractivity (Wildman–Crippen MR) is 103 cm³/mol. The number of carbonyl (C=O) groups is 1. The lowest BCUT2D eigenvalue weighted by Gasteiger charge is -2.19. The molecular weight excluding hydrogens is 338 g/mol. The molecule has 0 saturated heterocycles. The molecule has 0 fully saturated rings. The first kappa shape index (κ1) is 21.2. The Morgan fingerprint density at radius 2 is 1.96 bits per heavy atom. The van der Waals surface area contributed by atoms with Gasteiger partial charge in [0.25, 0.3) is 0 Å². The van der Waals surface area contributed by atoms with Gasteiger partial charge in [0, 0.05) is 43.7 Å². The van der Waals surface area contributed by atoms with Gasteiger partial charge in [0.1, 0.15) is 5.60 Å². The third-order valence-electron chi connectivity index (χ3n) is 2.98. The molecule has 0 aliphatic rings. The molecule has 25 heavy (non-hydrogen) atoms. The maximum Gasteiger partial charge on any atom is 0.407 e. The van der Waals surface area contributed by atoms with Crippen molar-refractivity contribution >= 4 is 23.4 Å². The van der Waals surface area contributed by atoms with Crippen LogP contribution in [0.15, 0.2) is 11.2 Å². The van der Waals surface area contributed by atoms with E-state index in [-0.39, 0.29) is 0 Å². The van der Waals surface area contributed by atoms with Crippen molar-refractivity contribution in [2.45, 2.75) is 53.1 Å². The third-order valence-corrected chi connectivity index (χ3v) is 4.18. The van der Waals surface area contributed by atoms with Crippen LogP contribution >= 0.6 is 11.3 Å². The molecule has 142 valence electrons. The van der Waals surface area contributed by atoms with E-state index in [1.165, 1.54) is 4.88 Å². The van der Waals surface area contributed by atoms with Gasteiger partial charge in [-0.2, -0.15) is 0 Å². The normalized spacial score (nSPS) is 12.0. The van der Waals surface area contributed by atoms with E-state index in [9.17, 15) is 4.79 Å². The zero-order chi connectivity index (χ0) is 18.7. The van der Waals surface area contributed by atoms with Crippen LogP contribution in [0.1, 0.15) is 44.5 Å². The van der Waals surface area contributed by atoms with Gasteiger partial charge >= 0.3 is 6.09 Å². The van der Waals surface area contributed by atoms with Crippen LogP contribution in [0, 0.1) is 0 Å². The average molecular weight is 370 g/mol. The van der Waals surface area contributed by atoms with Crippen molar-refractivity contribution in [3.8, 4) is 0 Å². The largest absolute Gasteiger partial charge is 0.444 e. The van der Waals surface area contributed by atoms with Crippen LogP contribution in [0.2, 0.25) is 0 Å². The fourth-order valence-corrected chi connectivity index (χ4v) is 2.74. The summed E-state index contributed by atoms with van der Waals surface area (Å²) in [4.78, 5) is 21.8. The second kappa shape index (κ2) is 10.9. The molecule has 0 spiro atoms. The molecular formula is C17H31N5O2S. The van der Waals surface area contributed by atoms with Crippen molar-refractivity contribution in [1.82, 2.24) is 20.9 Å². The van der Waals surface area contributed by atoms with Crippen LogP contribution in [0.3, 0.4) is 0 Å². The number of hydrogen-bond donors (Lipinski definition) is 3. The highest BCUT2D eigenvalue weighted by molar-refractivity contribution is 7.11. The minimum atomic E-state index is -0.485. The number of nitrogens with zero attached hydrogens (tertiary/aromatic N) is 2. The number of amides is 1. The van der Waals surface area contributed by atoms with Gasteiger partial charge in [0.15, 0.2) is 5.96 Å². The van der Waals surface area contributed by atoms with E-state index in [0.717, 1.165) is 30.4 Å². The van der Waals surface area contributed by atoms with Crippen molar-refractivity contribution in [1.29, 1.82) is 0 Å². The van der Waals surface area contributed by atoms with Gasteiger partial charge in [0.2, 0.25) is 0 Å². The summed E-state index contributed by atoms with van der Waals surface area (Å²) in [5.74, 6) is 0.737. The standard InChI is InChI=1S/C17H31N5O2S/c1-6-13-12-22-14(25-13)8-9-19-15(18-7-2)20-10-11-21-16(23)24-17(3,4)5/h12H,6-11H2,1-5H3,(H,21,23)(H2,18,19,20). The molecule has 0 saturated carbocycles. The molecule has 0 aromatic carbocycles. The lowest BCUT2D eigenvalue weighted by Crippen LogP contribution is -2.42. The highest BCUT2D eigenvalue weighted by Crippen LogP contribution is 2.13. The molecule has 1 aromatic heterocycles. The first-order valence-electron chi connectivity index (χ1n) is 8.76. The molecule has 3 N–H and O–H groups in total. The van der Waals surface area contributed by atoms with Gasteiger partial charge in [-0.1, -0.05) is 6.92 Å². The maximum absolute atomic E-state index is 11.6. The van der Waals surface area contributed by atoms with Crippen LogP contribution in [-0.2, 0) is 17.6 Å². The Morgan fingerprint density at radius 1 is 1.24 bits per heavy atom. The Labute approximate surface area is 154 Å². The first-order chi connectivity index (χ1) is 11.8. The van der Waals surface area contributed by atoms with Gasteiger partial charge in [0.05, 0.1) is 5.01 Å². The van der Waals surface area contributed by atoms with Crippen LogP contribution in [-0.4, -0.2) is 48.8 Å². The quantitative estimate of drug-likeness (QED) is 0.372. The van der Waals surface area contributed by atoms with Gasteiger partial charge in [-0.15, -0.1) is 11.3 Å². The van der Waals surface area contributed by atoms with Gasteiger partial charge < -0.3 is 20.7 Å². The fourth-order valence-electron chi connectivity index (χ4n) is 1.89. The molecule has 0 atom stereocenters. The number of rotatable bonds is 8. The summed E-state index contributed by atoms with van der Waals surface area (Å²) in [6.45, 7) is 12.2. The molecule has 0 aliphatic heterocycles. The number of guanidine groups is 1. The van der Waals surface area contributed by atoms with Crippen molar-refractivity contribution in [3.63, 3.8) is 0 Å². The maximum atomic E-state index is 11.6. The summed E-state index contributed by atoms with van der Waals surface area (Å²) in [5.41, 5.74) is -0.485. The minimum absolute atomic E-state index is 0.410. The van der Waals surface area contributed by atoms with E-state index in [4.69, 9.17) is 4.74 Å². The number of aromatic nitrogens is 1. The summed E-state index contributed by atoms with van der Waals surface area (Å²) in [6.07, 6.45) is 3.38. The van der Waals surface area contributed by atoms with Crippen molar-refractivity contribution in [3.05, 3.63) is 16.1 Å². The van der Waals surface area contributed by atoms with E-state index in [1.54, 1.807) is 11.3 Å². The number of ether oxygens (including phenoxy) is 1. The Bertz CT molecular complexity index is 551. The lowest BCUT2D eigenvalue weighted by atomic mass is 10.2. The number of aryl methyl sites for hydroxylation is 1. The minimum Gasteiger partial charge on any atom is -0.444 e.